The van der Waals surface area contributed by atoms with Gasteiger partial charge in [-0.05, 0) is 32.6 Å². The molecule has 0 aliphatic heterocycles. The first-order valence-corrected chi connectivity index (χ1v) is 7.96. The van der Waals surface area contributed by atoms with Crippen LogP contribution in [0.3, 0.4) is 0 Å². The second kappa shape index (κ2) is 7.11. The van der Waals surface area contributed by atoms with Gasteiger partial charge in [-0.3, -0.25) is 0 Å². The molecular weight excluding hydrogens is 250 g/mol. The summed E-state index contributed by atoms with van der Waals surface area (Å²) in [6.07, 6.45) is 8.71. The van der Waals surface area contributed by atoms with Crippen LogP contribution in [0.25, 0.3) is 0 Å². The van der Waals surface area contributed by atoms with Crippen LogP contribution in [0, 0.1) is 12.8 Å². The summed E-state index contributed by atoms with van der Waals surface area (Å²) < 4.78 is 7.50. The molecule has 1 saturated carbocycles. The maximum Gasteiger partial charge on any atom is 0.203 e. The normalized spacial score (nSPS) is 24.6. The van der Waals surface area contributed by atoms with Gasteiger partial charge in [0.2, 0.25) is 5.95 Å². The van der Waals surface area contributed by atoms with Crippen LogP contribution in [0.2, 0.25) is 0 Å². The van der Waals surface area contributed by atoms with E-state index in [1.807, 2.05) is 0 Å². The molecule has 1 aromatic heterocycles. The lowest BCUT2D eigenvalue weighted by molar-refractivity contribution is 0.162. The Balaban J connectivity index is 2.11. The third kappa shape index (κ3) is 3.54. The molecule has 0 amide bonds. The molecule has 0 bridgehead atoms. The summed E-state index contributed by atoms with van der Waals surface area (Å²) in [5, 5.41) is 3.71. The Bertz CT molecular complexity index is 416. The molecule has 20 heavy (non-hydrogen) atoms. The van der Waals surface area contributed by atoms with E-state index >= 15 is 0 Å². The summed E-state index contributed by atoms with van der Waals surface area (Å²) in [7, 11) is 1.75. The van der Waals surface area contributed by atoms with Crippen LogP contribution in [-0.4, -0.2) is 29.3 Å². The molecule has 1 fully saturated rings. The van der Waals surface area contributed by atoms with Crippen molar-refractivity contribution in [3.8, 4) is 0 Å². The molecule has 0 saturated heterocycles. The standard InChI is InChI=1S/C16H29N3O/c1-5-14-8-6-7-9-15(14)18-16-17-12(2)10-19(16)13(3)11-20-4/h10,13-15H,5-9,11H2,1-4H3,(H,17,18). The Morgan fingerprint density at radius 2 is 2.20 bits per heavy atom. The van der Waals surface area contributed by atoms with Crippen LogP contribution in [0.1, 0.15) is 57.7 Å². The van der Waals surface area contributed by atoms with Gasteiger partial charge < -0.3 is 14.6 Å². The molecule has 0 spiro atoms. The van der Waals surface area contributed by atoms with Crippen LogP contribution in [0.5, 0.6) is 0 Å². The SMILES string of the molecule is CCC1CCCCC1Nc1nc(C)cn1C(C)COC. The minimum atomic E-state index is 0.312. The monoisotopic (exact) mass is 279 g/mol. The summed E-state index contributed by atoms with van der Waals surface area (Å²) in [6.45, 7) is 7.25. The van der Waals surface area contributed by atoms with Crippen LogP contribution in [0.4, 0.5) is 5.95 Å². The minimum absolute atomic E-state index is 0.312. The van der Waals surface area contributed by atoms with E-state index < -0.39 is 0 Å². The number of anilines is 1. The number of hydrogen-bond donors (Lipinski definition) is 1. The third-order valence-corrected chi connectivity index (χ3v) is 4.48. The predicted octanol–water partition coefficient (Wildman–Crippen LogP) is 3.78. The zero-order chi connectivity index (χ0) is 14.5. The maximum atomic E-state index is 5.28. The molecule has 3 unspecified atom stereocenters. The van der Waals surface area contributed by atoms with E-state index in [0.717, 1.165) is 17.6 Å². The molecule has 1 aromatic rings. The number of imidazole rings is 1. The van der Waals surface area contributed by atoms with Crippen molar-refractivity contribution < 1.29 is 4.74 Å². The largest absolute Gasteiger partial charge is 0.383 e. The van der Waals surface area contributed by atoms with Gasteiger partial charge in [0, 0.05) is 19.3 Å². The second-order valence-electron chi connectivity index (χ2n) is 6.12. The number of rotatable bonds is 6. The summed E-state index contributed by atoms with van der Waals surface area (Å²) >= 11 is 0. The molecule has 1 aliphatic carbocycles. The van der Waals surface area contributed by atoms with Crippen LogP contribution < -0.4 is 5.32 Å². The highest BCUT2D eigenvalue weighted by atomic mass is 16.5. The average molecular weight is 279 g/mol. The smallest absolute Gasteiger partial charge is 0.203 e. The van der Waals surface area contributed by atoms with Crippen molar-refractivity contribution in [3.05, 3.63) is 11.9 Å². The quantitative estimate of drug-likeness (QED) is 0.861. The highest BCUT2D eigenvalue weighted by Crippen LogP contribution is 2.29. The molecule has 114 valence electrons. The molecule has 1 aliphatic rings. The number of aromatic nitrogens is 2. The lowest BCUT2D eigenvalue weighted by Gasteiger charge is -2.32. The molecule has 0 aromatic carbocycles. The van der Waals surface area contributed by atoms with E-state index in [2.05, 4.69) is 41.8 Å². The van der Waals surface area contributed by atoms with Crippen molar-refractivity contribution >= 4 is 5.95 Å². The summed E-state index contributed by atoms with van der Waals surface area (Å²) in [6, 6.07) is 0.886. The first kappa shape index (κ1) is 15.4. The van der Waals surface area contributed by atoms with E-state index in [9.17, 15) is 0 Å². The van der Waals surface area contributed by atoms with Gasteiger partial charge >= 0.3 is 0 Å². The highest BCUT2D eigenvalue weighted by molar-refractivity contribution is 5.31. The van der Waals surface area contributed by atoms with Gasteiger partial charge in [0.1, 0.15) is 0 Å². The Hall–Kier alpha value is -1.03. The minimum Gasteiger partial charge on any atom is -0.383 e. The second-order valence-corrected chi connectivity index (χ2v) is 6.12. The molecule has 0 radical (unpaired) electrons. The average Bonchev–Trinajstić information content (AvgIpc) is 2.80. The molecular formula is C16H29N3O. The Morgan fingerprint density at radius 1 is 1.45 bits per heavy atom. The fraction of sp³-hybridized carbons (Fsp3) is 0.812. The van der Waals surface area contributed by atoms with Crippen LogP contribution in [-0.2, 0) is 4.74 Å². The van der Waals surface area contributed by atoms with Gasteiger partial charge in [0.05, 0.1) is 18.3 Å². The van der Waals surface area contributed by atoms with Gasteiger partial charge in [-0.25, -0.2) is 4.98 Å². The Kier molecular flexibility index (Phi) is 5.46. The van der Waals surface area contributed by atoms with E-state index in [1.54, 1.807) is 7.11 Å². The third-order valence-electron chi connectivity index (χ3n) is 4.48. The lowest BCUT2D eigenvalue weighted by Crippen LogP contribution is -2.33. The van der Waals surface area contributed by atoms with Gasteiger partial charge in [-0.1, -0.05) is 26.2 Å². The van der Waals surface area contributed by atoms with Gasteiger partial charge in [-0.2, -0.15) is 0 Å². The molecule has 1 heterocycles. The van der Waals surface area contributed by atoms with Crippen LogP contribution in [0.15, 0.2) is 6.20 Å². The van der Waals surface area contributed by atoms with Crippen molar-refractivity contribution in [2.45, 2.75) is 65.0 Å². The van der Waals surface area contributed by atoms with E-state index in [-0.39, 0.29) is 0 Å². The number of methoxy groups -OCH3 is 1. The zero-order valence-corrected chi connectivity index (χ0v) is 13.4. The summed E-state index contributed by atoms with van der Waals surface area (Å²) in [5.74, 6) is 1.80. The fourth-order valence-corrected chi connectivity index (χ4v) is 3.33. The molecule has 4 heteroatoms. The maximum absolute atomic E-state index is 5.28. The fourth-order valence-electron chi connectivity index (χ4n) is 3.33. The van der Waals surface area contributed by atoms with E-state index in [1.165, 1.54) is 32.1 Å². The number of nitrogens with one attached hydrogen (secondary N) is 1. The lowest BCUT2D eigenvalue weighted by atomic mass is 9.83. The number of hydrogen-bond acceptors (Lipinski definition) is 3. The van der Waals surface area contributed by atoms with E-state index in [4.69, 9.17) is 4.74 Å². The molecule has 4 nitrogen and oxygen atoms in total. The topological polar surface area (TPSA) is 39.1 Å². The number of aryl methyl sites for hydroxylation is 1. The van der Waals surface area contributed by atoms with Crippen molar-refractivity contribution in [3.63, 3.8) is 0 Å². The van der Waals surface area contributed by atoms with Crippen molar-refractivity contribution in [1.29, 1.82) is 0 Å². The first-order valence-electron chi connectivity index (χ1n) is 7.96. The first-order chi connectivity index (χ1) is 9.65. The summed E-state index contributed by atoms with van der Waals surface area (Å²) in [4.78, 5) is 4.67. The van der Waals surface area contributed by atoms with E-state index in [0.29, 0.717) is 18.7 Å². The highest BCUT2D eigenvalue weighted by Gasteiger charge is 2.25. The van der Waals surface area contributed by atoms with Crippen molar-refractivity contribution in [2.75, 3.05) is 19.0 Å². The molecule has 3 atom stereocenters. The Labute approximate surface area is 122 Å². The summed E-state index contributed by atoms with van der Waals surface area (Å²) in [5.41, 5.74) is 1.07. The predicted molar refractivity (Wildman–Crippen MR) is 83.2 cm³/mol. The van der Waals surface area contributed by atoms with Crippen molar-refractivity contribution in [1.82, 2.24) is 9.55 Å². The number of ether oxygens (including phenoxy) is 1. The zero-order valence-electron chi connectivity index (χ0n) is 13.4. The Morgan fingerprint density at radius 3 is 2.90 bits per heavy atom. The van der Waals surface area contributed by atoms with Crippen molar-refractivity contribution in [2.24, 2.45) is 5.92 Å². The van der Waals surface area contributed by atoms with Crippen LogP contribution >= 0.6 is 0 Å². The van der Waals surface area contributed by atoms with Gasteiger partial charge in [0.15, 0.2) is 0 Å². The molecule has 2 rings (SSSR count). The van der Waals surface area contributed by atoms with Gasteiger partial charge in [-0.15, -0.1) is 0 Å². The van der Waals surface area contributed by atoms with Gasteiger partial charge in [0.25, 0.3) is 0 Å². The number of nitrogens with zero attached hydrogens (tertiary/aromatic N) is 2. The molecule has 1 N–H and O–H groups in total.